The second-order valence-electron chi connectivity index (χ2n) is 6.69. The number of likely N-dealkylation sites (tertiary alicyclic amines) is 1. The minimum atomic E-state index is -4.34. The Balaban J connectivity index is 1.52. The van der Waals surface area contributed by atoms with Gasteiger partial charge in [-0.1, -0.05) is 12.1 Å². The van der Waals surface area contributed by atoms with Gasteiger partial charge in [0, 0.05) is 31.9 Å². The van der Waals surface area contributed by atoms with Crippen LogP contribution in [0.2, 0.25) is 0 Å². The second kappa shape index (κ2) is 7.97. The number of nitrogens with one attached hydrogen (secondary N) is 1. The molecule has 0 radical (unpaired) electrons. The van der Waals surface area contributed by atoms with Crippen molar-refractivity contribution in [3.05, 3.63) is 65.0 Å². The van der Waals surface area contributed by atoms with Crippen LogP contribution in [0.4, 0.5) is 13.2 Å². The standard InChI is InChI=1S/C19H19F3N4O2/c20-19(21,22)14-4-1-12(2-5-14)10-26-8-7-15(11-26)25-18(28)16-6-3-13(9-24-16)17(23)27/h1-6,9,15H,7-8,10-11H2,(H2,23,27)(H,25,28). The lowest BCUT2D eigenvalue weighted by Gasteiger charge is -2.17. The van der Waals surface area contributed by atoms with E-state index >= 15 is 0 Å². The lowest BCUT2D eigenvalue weighted by atomic mass is 10.1. The number of hydrogen-bond acceptors (Lipinski definition) is 4. The van der Waals surface area contributed by atoms with Gasteiger partial charge in [-0.25, -0.2) is 0 Å². The Hall–Kier alpha value is -2.94. The van der Waals surface area contributed by atoms with Gasteiger partial charge in [-0.15, -0.1) is 0 Å². The lowest BCUT2D eigenvalue weighted by molar-refractivity contribution is -0.137. The number of rotatable bonds is 5. The van der Waals surface area contributed by atoms with Gasteiger partial charge in [0.2, 0.25) is 5.91 Å². The maximum absolute atomic E-state index is 12.6. The summed E-state index contributed by atoms with van der Waals surface area (Å²) in [6.07, 6.45) is -2.36. The third-order valence-electron chi connectivity index (χ3n) is 4.58. The van der Waals surface area contributed by atoms with Crippen molar-refractivity contribution < 1.29 is 22.8 Å². The average Bonchev–Trinajstić information content (AvgIpc) is 3.08. The summed E-state index contributed by atoms with van der Waals surface area (Å²) in [6, 6.07) is 7.88. The highest BCUT2D eigenvalue weighted by Crippen LogP contribution is 2.29. The quantitative estimate of drug-likeness (QED) is 0.817. The van der Waals surface area contributed by atoms with Gasteiger partial charge < -0.3 is 11.1 Å². The topological polar surface area (TPSA) is 88.3 Å². The van der Waals surface area contributed by atoms with Crippen molar-refractivity contribution in [3.8, 4) is 0 Å². The van der Waals surface area contributed by atoms with Gasteiger partial charge in [-0.05, 0) is 36.2 Å². The van der Waals surface area contributed by atoms with Gasteiger partial charge in [0.25, 0.3) is 5.91 Å². The monoisotopic (exact) mass is 392 g/mol. The molecule has 0 spiro atoms. The van der Waals surface area contributed by atoms with Gasteiger partial charge >= 0.3 is 6.18 Å². The van der Waals surface area contributed by atoms with Crippen LogP contribution in [-0.4, -0.2) is 40.8 Å². The number of nitrogens with two attached hydrogens (primary N) is 1. The molecule has 1 atom stereocenters. The molecule has 0 saturated carbocycles. The van der Waals surface area contributed by atoms with Crippen LogP contribution in [-0.2, 0) is 12.7 Å². The number of benzene rings is 1. The molecule has 28 heavy (non-hydrogen) atoms. The first-order valence-corrected chi connectivity index (χ1v) is 8.67. The highest BCUT2D eigenvalue weighted by Gasteiger charge is 2.30. The van der Waals surface area contributed by atoms with Gasteiger partial charge in [0.05, 0.1) is 11.1 Å². The summed E-state index contributed by atoms with van der Waals surface area (Å²) in [5.41, 5.74) is 5.66. The molecule has 2 aromatic rings. The van der Waals surface area contributed by atoms with Crippen molar-refractivity contribution in [2.45, 2.75) is 25.2 Å². The highest BCUT2D eigenvalue weighted by molar-refractivity contribution is 5.95. The molecule has 3 N–H and O–H groups in total. The van der Waals surface area contributed by atoms with E-state index < -0.39 is 17.6 Å². The van der Waals surface area contributed by atoms with Crippen LogP contribution in [0.3, 0.4) is 0 Å². The van der Waals surface area contributed by atoms with E-state index in [0.717, 1.165) is 30.7 Å². The molecule has 1 aromatic heterocycles. The number of carbonyl (C=O) groups is 2. The number of primary amides is 1. The molecule has 1 fully saturated rings. The zero-order valence-electron chi connectivity index (χ0n) is 14.9. The third-order valence-corrected chi connectivity index (χ3v) is 4.58. The molecule has 2 heterocycles. The first-order chi connectivity index (χ1) is 13.2. The number of hydrogen-bond donors (Lipinski definition) is 2. The molecule has 1 unspecified atom stereocenters. The molecule has 0 bridgehead atoms. The summed E-state index contributed by atoms with van der Waals surface area (Å²) < 4.78 is 37.9. The highest BCUT2D eigenvalue weighted by atomic mass is 19.4. The van der Waals surface area contributed by atoms with Crippen molar-refractivity contribution in [1.82, 2.24) is 15.2 Å². The molecule has 9 heteroatoms. The van der Waals surface area contributed by atoms with E-state index in [1.165, 1.54) is 30.5 Å². The maximum Gasteiger partial charge on any atom is 0.416 e. The van der Waals surface area contributed by atoms with E-state index in [0.29, 0.717) is 13.1 Å². The normalized spacial score (nSPS) is 17.5. The fraction of sp³-hybridized carbons (Fsp3) is 0.316. The van der Waals surface area contributed by atoms with Crippen LogP contribution in [0.25, 0.3) is 0 Å². The Morgan fingerprint density at radius 3 is 2.46 bits per heavy atom. The Bertz CT molecular complexity index is 851. The van der Waals surface area contributed by atoms with E-state index in [9.17, 15) is 22.8 Å². The summed E-state index contributed by atoms with van der Waals surface area (Å²) in [4.78, 5) is 29.3. The SMILES string of the molecule is NC(=O)c1ccc(C(=O)NC2CCN(Cc3ccc(C(F)(F)F)cc3)C2)nc1. The Kier molecular flexibility index (Phi) is 5.64. The molecule has 3 rings (SSSR count). The molecule has 2 amide bonds. The van der Waals surface area contributed by atoms with Crippen molar-refractivity contribution in [2.75, 3.05) is 13.1 Å². The summed E-state index contributed by atoms with van der Waals surface area (Å²) in [6.45, 7) is 1.82. The number of halogens is 3. The number of amides is 2. The van der Waals surface area contributed by atoms with Crippen molar-refractivity contribution in [1.29, 1.82) is 0 Å². The summed E-state index contributed by atoms with van der Waals surface area (Å²) >= 11 is 0. The predicted molar refractivity (Wildman–Crippen MR) is 95.3 cm³/mol. The molecule has 1 saturated heterocycles. The average molecular weight is 392 g/mol. The van der Waals surface area contributed by atoms with Gasteiger partial charge in [0.1, 0.15) is 5.69 Å². The first-order valence-electron chi connectivity index (χ1n) is 8.67. The van der Waals surface area contributed by atoms with Crippen molar-refractivity contribution in [2.24, 2.45) is 5.73 Å². The molecule has 148 valence electrons. The minimum absolute atomic E-state index is 0.0837. The van der Waals surface area contributed by atoms with Gasteiger partial charge in [-0.2, -0.15) is 13.2 Å². The Morgan fingerprint density at radius 2 is 1.89 bits per heavy atom. The zero-order valence-corrected chi connectivity index (χ0v) is 14.9. The van der Waals surface area contributed by atoms with E-state index in [4.69, 9.17) is 5.73 Å². The second-order valence-corrected chi connectivity index (χ2v) is 6.69. The third kappa shape index (κ3) is 4.86. The van der Waals surface area contributed by atoms with E-state index in [2.05, 4.69) is 15.2 Å². The van der Waals surface area contributed by atoms with Crippen LogP contribution in [0.15, 0.2) is 42.6 Å². The number of pyridine rings is 1. The van der Waals surface area contributed by atoms with E-state index in [1.54, 1.807) is 0 Å². The first kappa shape index (κ1) is 19.8. The molecule has 6 nitrogen and oxygen atoms in total. The van der Waals surface area contributed by atoms with Gasteiger partial charge in [-0.3, -0.25) is 19.5 Å². The summed E-state index contributed by atoms with van der Waals surface area (Å²) in [7, 11) is 0. The minimum Gasteiger partial charge on any atom is -0.366 e. The van der Waals surface area contributed by atoms with E-state index in [1.807, 2.05) is 0 Å². The number of nitrogens with zero attached hydrogens (tertiary/aromatic N) is 2. The fourth-order valence-corrected chi connectivity index (χ4v) is 3.08. The summed E-state index contributed by atoms with van der Waals surface area (Å²) in [5, 5.41) is 2.88. The zero-order chi connectivity index (χ0) is 20.3. The van der Waals surface area contributed by atoms with Crippen LogP contribution in [0.1, 0.15) is 38.4 Å². The number of carbonyl (C=O) groups excluding carboxylic acids is 2. The van der Waals surface area contributed by atoms with E-state index in [-0.39, 0.29) is 23.2 Å². The number of aromatic nitrogens is 1. The van der Waals surface area contributed by atoms with Gasteiger partial charge in [0.15, 0.2) is 0 Å². The molecule has 1 aliphatic rings. The smallest absolute Gasteiger partial charge is 0.366 e. The number of alkyl halides is 3. The molecule has 1 aliphatic heterocycles. The van der Waals surface area contributed by atoms with Crippen LogP contribution in [0, 0.1) is 0 Å². The van der Waals surface area contributed by atoms with Crippen LogP contribution in [0.5, 0.6) is 0 Å². The molecular weight excluding hydrogens is 373 g/mol. The molecule has 1 aromatic carbocycles. The summed E-state index contributed by atoms with van der Waals surface area (Å²) in [5.74, 6) is -0.966. The lowest BCUT2D eigenvalue weighted by Crippen LogP contribution is -2.37. The van der Waals surface area contributed by atoms with Crippen LogP contribution < -0.4 is 11.1 Å². The fourth-order valence-electron chi connectivity index (χ4n) is 3.08. The largest absolute Gasteiger partial charge is 0.416 e. The molecular formula is C19H19F3N4O2. The van der Waals surface area contributed by atoms with Crippen molar-refractivity contribution >= 4 is 11.8 Å². The Labute approximate surface area is 159 Å². The Morgan fingerprint density at radius 1 is 1.18 bits per heavy atom. The molecule has 0 aliphatic carbocycles. The maximum atomic E-state index is 12.6. The van der Waals surface area contributed by atoms with Crippen molar-refractivity contribution in [3.63, 3.8) is 0 Å². The van der Waals surface area contributed by atoms with Crippen LogP contribution >= 0.6 is 0 Å². The predicted octanol–water partition coefficient (Wildman–Crippen LogP) is 2.20.